The van der Waals surface area contributed by atoms with Gasteiger partial charge in [0.1, 0.15) is 5.69 Å². The fraction of sp³-hybridized carbons (Fsp3) is 0.375. The molecular formula is C16H18N4O2. The number of aromatic nitrogens is 4. The molecule has 0 aliphatic carbocycles. The Balaban J connectivity index is 1.74. The van der Waals surface area contributed by atoms with Crippen LogP contribution in [0, 0.1) is 0 Å². The number of aryl methyl sites for hydroxylation is 1. The molecule has 3 aromatic rings. The van der Waals surface area contributed by atoms with Crippen LogP contribution >= 0.6 is 0 Å². The standard InChI is InChI=1S/C16H18N4O2/c1-2-3-4-5-11-6-8-12(9-7-11)10-13-16(21)18-15-14(17-13)19-22-20-15/h6-9H,2-5,10H2,1H3,(H,18,20,21). The van der Waals surface area contributed by atoms with E-state index in [1.54, 1.807) is 0 Å². The number of unbranched alkanes of at least 4 members (excludes halogenated alkanes) is 2. The van der Waals surface area contributed by atoms with Crippen molar-refractivity contribution in [2.45, 2.75) is 39.0 Å². The zero-order valence-electron chi connectivity index (χ0n) is 12.5. The van der Waals surface area contributed by atoms with E-state index >= 15 is 0 Å². The average Bonchev–Trinajstić information content (AvgIpc) is 2.97. The van der Waals surface area contributed by atoms with Crippen LogP contribution in [-0.4, -0.2) is 20.3 Å². The van der Waals surface area contributed by atoms with Crippen LogP contribution in [0.1, 0.15) is 43.0 Å². The number of nitrogens with one attached hydrogen (secondary N) is 1. The van der Waals surface area contributed by atoms with E-state index in [2.05, 4.69) is 44.0 Å². The molecule has 0 amide bonds. The SMILES string of the molecule is CCCCCc1ccc(Cc2nc3nonc3[nH]c2=O)cc1. The molecule has 1 aromatic carbocycles. The second kappa shape index (κ2) is 6.51. The van der Waals surface area contributed by atoms with Crippen molar-refractivity contribution < 1.29 is 4.63 Å². The first-order valence-corrected chi connectivity index (χ1v) is 7.55. The Hall–Kier alpha value is -2.50. The van der Waals surface area contributed by atoms with Crippen molar-refractivity contribution in [2.75, 3.05) is 0 Å². The third-order valence-corrected chi connectivity index (χ3v) is 3.67. The molecule has 0 aliphatic rings. The maximum atomic E-state index is 11.9. The van der Waals surface area contributed by atoms with Gasteiger partial charge in [0, 0.05) is 6.42 Å². The predicted molar refractivity (Wildman–Crippen MR) is 82.7 cm³/mol. The largest absolute Gasteiger partial charge is 0.299 e. The molecule has 2 heterocycles. The van der Waals surface area contributed by atoms with Gasteiger partial charge >= 0.3 is 0 Å². The van der Waals surface area contributed by atoms with Crippen LogP contribution in [0.4, 0.5) is 0 Å². The third kappa shape index (κ3) is 3.21. The van der Waals surface area contributed by atoms with Gasteiger partial charge in [-0.05, 0) is 34.3 Å². The molecule has 0 fully saturated rings. The zero-order chi connectivity index (χ0) is 15.4. The summed E-state index contributed by atoms with van der Waals surface area (Å²) >= 11 is 0. The molecule has 2 aromatic heterocycles. The molecule has 0 saturated carbocycles. The van der Waals surface area contributed by atoms with Crippen molar-refractivity contribution in [3.05, 3.63) is 51.4 Å². The van der Waals surface area contributed by atoms with Gasteiger partial charge in [-0.1, -0.05) is 44.0 Å². The van der Waals surface area contributed by atoms with Gasteiger partial charge < -0.3 is 0 Å². The second-order valence-electron chi connectivity index (χ2n) is 5.40. The second-order valence-corrected chi connectivity index (χ2v) is 5.40. The molecule has 0 radical (unpaired) electrons. The van der Waals surface area contributed by atoms with Crippen LogP contribution < -0.4 is 5.56 Å². The number of aromatic amines is 1. The van der Waals surface area contributed by atoms with Crippen LogP contribution in [0.15, 0.2) is 33.7 Å². The predicted octanol–water partition coefficient (Wildman–Crippen LogP) is 2.63. The molecule has 3 rings (SSSR count). The van der Waals surface area contributed by atoms with E-state index in [0.717, 1.165) is 12.0 Å². The maximum absolute atomic E-state index is 11.9. The van der Waals surface area contributed by atoms with Crippen LogP contribution in [-0.2, 0) is 12.8 Å². The molecule has 6 nitrogen and oxygen atoms in total. The first kappa shape index (κ1) is 14.4. The number of benzene rings is 1. The number of hydrogen-bond donors (Lipinski definition) is 1. The quantitative estimate of drug-likeness (QED) is 0.707. The van der Waals surface area contributed by atoms with Crippen LogP contribution in [0.25, 0.3) is 11.3 Å². The number of H-pyrrole nitrogens is 1. The minimum absolute atomic E-state index is 0.254. The Morgan fingerprint density at radius 3 is 2.64 bits per heavy atom. The van der Waals surface area contributed by atoms with Crippen LogP contribution in [0.3, 0.4) is 0 Å². The van der Waals surface area contributed by atoms with E-state index in [-0.39, 0.29) is 11.2 Å². The van der Waals surface area contributed by atoms with Crippen molar-refractivity contribution in [3.63, 3.8) is 0 Å². The van der Waals surface area contributed by atoms with Gasteiger partial charge in [-0.2, -0.15) is 0 Å². The van der Waals surface area contributed by atoms with Gasteiger partial charge in [0.2, 0.25) is 11.3 Å². The summed E-state index contributed by atoms with van der Waals surface area (Å²) in [6.07, 6.45) is 5.27. The normalized spacial score (nSPS) is 11.1. The topological polar surface area (TPSA) is 84.7 Å². The summed E-state index contributed by atoms with van der Waals surface area (Å²) in [6.45, 7) is 2.20. The molecule has 0 spiro atoms. The molecule has 1 N–H and O–H groups in total. The molecule has 6 heteroatoms. The fourth-order valence-electron chi connectivity index (χ4n) is 2.41. The van der Waals surface area contributed by atoms with Gasteiger partial charge in [-0.25, -0.2) is 9.61 Å². The van der Waals surface area contributed by atoms with E-state index in [1.807, 2.05) is 12.1 Å². The van der Waals surface area contributed by atoms with Crippen molar-refractivity contribution in [2.24, 2.45) is 0 Å². The Bertz CT molecular complexity index is 805. The number of fused-ring (bicyclic) bond motifs is 1. The Morgan fingerprint density at radius 2 is 1.86 bits per heavy atom. The molecule has 22 heavy (non-hydrogen) atoms. The van der Waals surface area contributed by atoms with E-state index in [1.165, 1.54) is 24.8 Å². The third-order valence-electron chi connectivity index (χ3n) is 3.67. The zero-order valence-corrected chi connectivity index (χ0v) is 12.5. The lowest BCUT2D eigenvalue weighted by Crippen LogP contribution is -2.15. The minimum atomic E-state index is -0.254. The highest BCUT2D eigenvalue weighted by Crippen LogP contribution is 2.11. The number of hydrogen-bond acceptors (Lipinski definition) is 5. The van der Waals surface area contributed by atoms with Gasteiger partial charge in [0.25, 0.3) is 5.56 Å². The van der Waals surface area contributed by atoms with E-state index < -0.39 is 0 Å². The highest BCUT2D eigenvalue weighted by molar-refractivity contribution is 5.62. The molecule has 114 valence electrons. The first-order chi connectivity index (χ1) is 10.8. The Labute approximate surface area is 127 Å². The first-order valence-electron chi connectivity index (χ1n) is 7.55. The maximum Gasteiger partial charge on any atom is 0.271 e. The average molecular weight is 298 g/mol. The summed E-state index contributed by atoms with van der Waals surface area (Å²) in [4.78, 5) is 18.8. The lowest BCUT2D eigenvalue weighted by molar-refractivity contribution is 0.314. The lowest BCUT2D eigenvalue weighted by atomic mass is 10.0. The fourth-order valence-corrected chi connectivity index (χ4v) is 2.41. The summed E-state index contributed by atoms with van der Waals surface area (Å²) in [6, 6.07) is 8.34. The smallest absolute Gasteiger partial charge is 0.271 e. The van der Waals surface area contributed by atoms with Gasteiger partial charge in [0.15, 0.2) is 0 Å². The van der Waals surface area contributed by atoms with E-state index in [4.69, 9.17) is 0 Å². The molecule has 0 saturated heterocycles. The van der Waals surface area contributed by atoms with Crippen molar-refractivity contribution in [1.29, 1.82) is 0 Å². The van der Waals surface area contributed by atoms with Gasteiger partial charge in [0.05, 0.1) is 0 Å². The van der Waals surface area contributed by atoms with Crippen molar-refractivity contribution in [1.82, 2.24) is 20.3 Å². The molecular weight excluding hydrogens is 280 g/mol. The Kier molecular flexibility index (Phi) is 4.27. The highest BCUT2D eigenvalue weighted by atomic mass is 16.6. The Morgan fingerprint density at radius 1 is 1.09 bits per heavy atom. The molecule has 0 aliphatic heterocycles. The summed E-state index contributed by atoms with van der Waals surface area (Å²) in [5, 5.41) is 7.22. The molecule has 0 bridgehead atoms. The summed E-state index contributed by atoms with van der Waals surface area (Å²) in [5.41, 5.74) is 3.14. The van der Waals surface area contributed by atoms with Crippen molar-refractivity contribution in [3.8, 4) is 0 Å². The molecule has 0 unspecified atom stereocenters. The van der Waals surface area contributed by atoms with Crippen LogP contribution in [0.2, 0.25) is 0 Å². The van der Waals surface area contributed by atoms with Gasteiger partial charge in [-0.15, -0.1) is 0 Å². The summed E-state index contributed by atoms with van der Waals surface area (Å²) < 4.78 is 4.55. The monoisotopic (exact) mass is 298 g/mol. The van der Waals surface area contributed by atoms with Crippen molar-refractivity contribution >= 4 is 11.3 Å². The lowest BCUT2D eigenvalue weighted by Gasteiger charge is -2.03. The van der Waals surface area contributed by atoms with Crippen LogP contribution in [0.5, 0.6) is 0 Å². The minimum Gasteiger partial charge on any atom is -0.299 e. The highest BCUT2D eigenvalue weighted by Gasteiger charge is 2.09. The molecule has 0 atom stereocenters. The number of rotatable bonds is 6. The number of nitrogens with zero attached hydrogens (tertiary/aromatic N) is 3. The summed E-state index contributed by atoms with van der Waals surface area (Å²) in [7, 11) is 0. The van der Waals surface area contributed by atoms with E-state index in [0.29, 0.717) is 17.8 Å². The van der Waals surface area contributed by atoms with Gasteiger partial charge in [-0.3, -0.25) is 9.78 Å². The van der Waals surface area contributed by atoms with E-state index in [9.17, 15) is 4.79 Å². The summed E-state index contributed by atoms with van der Waals surface area (Å²) in [5.74, 6) is 0.